The van der Waals surface area contributed by atoms with E-state index in [1.54, 1.807) is 42.4 Å². The number of likely N-dealkylation sites (N-methyl/N-ethyl adjacent to an activating group) is 1. The second kappa shape index (κ2) is 11.8. The molecule has 1 aromatic heterocycles. The van der Waals surface area contributed by atoms with Crippen molar-refractivity contribution >= 4 is 29.1 Å². The number of carboxylic acids is 1. The molecule has 44 heavy (non-hydrogen) atoms. The maximum absolute atomic E-state index is 15.7. The second-order valence-electron chi connectivity index (χ2n) is 11.9. The number of carbonyl (C=O) groups is 2. The van der Waals surface area contributed by atoms with E-state index in [0.717, 1.165) is 6.07 Å². The van der Waals surface area contributed by atoms with Gasteiger partial charge in [-0.15, -0.1) is 11.3 Å². The average Bonchev–Trinajstić information content (AvgIpc) is 3.67. The summed E-state index contributed by atoms with van der Waals surface area (Å²) >= 11 is 1.26. The van der Waals surface area contributed by atoms with Crippen LogP contribution in [0.3, 0.4) is 0 Å². The first-order valence-corrected chi connectivity index (χ1v) is 14.9. The van der Waals surface area contributed by atoms with Crippen LogP contribution in [0.1, 0.15) is 42.4 Å². The van der Waals surface area contributed by atoms with E-state index >= 15 is 8.78 Å². The van der Waals surface area contributed by atoms with Gasteiger partial charge in [0, 0.05) is 50.0 Å². The molecule has 0 spiro atoms. The van der Waals surface area contributed by atoms with Crippen molar-refractivity contribution in [3.05, 3.63) is 62.7 Å². The molecular weight excluding hydrogens is 604 g/mol. The summed E-state index contributed by atoms with van der Waals surface area (Å²) in [5.41, 5.74) is -0.715. The summed E-state index contributed by atoms with van der Waals surface area (Å²) in [7, 11) is 2.86. The van der Waals surface area contributed by atoms with Crippen LogP contribution in [0.15, 0.2) is 40.0 Å². The van der Waals surface area contributed by atoms with Gasteiger partial charge in [0.1, 0.15) is 12.1 Å². The van der Waals surface area contributed by atoms with Gasteiger partial charge in [0.05, 0.1) is 24.6 Å². The van der Waals surface area contributed by atoms with Crippen molar-refractivity contribution in [2.75, 3.05) is 40.3 Å². The highest BCUT2D eigenvalue weighted by molar-refractivity contribution is 7.11. The molecule has 0 amide bonds. The molecule has 3 aliphatic heterocycles. The fraction of sp³-hybridized carbons (Fsp3) is 0.517. The number of rotatable bonds is 9. The highest BCUT2D eigenvalue weighted by atomic mass is 32.1. The van der Waals surface area contributed by atoms with Gasteiger partial charge >= 0.3 is 11.9 Å². The molecule has 15 heteroatoms. The number of amidine groups is 1. The molecule has 0 bridgehead atoms. The van der Waals surface area contributed by atoms with Crippen LogP contribution in [0, 0.1) is 24.0 Å². The standard InChI is InChI=1S/C29H34F4N6O4S/c1-15-16(6-7-17(30)21(15)31)22-20(26(40)43-5)18(35-24(36-22)25-34-9-11-44-25)12-38-14-29(32,33)23-19(38)13-37(4)39(23)10-8-28(2,3)27(41)42/h6-7,9,11,19,22-23H,8,10,12-14H2,1-5H3,(H,35,36)(H,41,42)/t19-,22+,23+/m1/s1. The SMILES string of the molecule is COC(=O)C1=C(CN2CC(F)(F)[C@@H]3[C@H]2CN(C)N3CCC(C)(C)C(=O)O)NC(c2nccs2)=N[C@H]1c1ccc(F)c(F)c1C. The quantitative estimate of drug-likeness (QED) is 0.315. The van der Waals surface area contributed by atoms with E-state index in [4.69, 9.17) is 4.74 Å². The Hall–Kier alpha value is -3.40. The summed E-state index contributed by atoms with van der Waals surface area (Å²) in [4.78, 5) is 35.5. The van der Waals surface area contributed by atoms with Crippen LogP contribution < -0.4 is 5.32 Å². The molecular formula is C29H34F4N6O4S. The van der Waals surface area contributed by atoms with Gasteiger partial charge in [0.25, 0.3) is 5.92 Å². The van der Waals surface area contributed by atoms with E-state index in [0.29, 0.717) is 5.01 Å². The van der Waals surface area contributed by atoms with Crippen molar-refractivity contribution < 1.29 is 37.0 Å². The van der Waals surface area contributed by atoms with Gasteiger partial charge in [-0.05, 0) is 44.4 Å². The molecule has 2 aromatic rings. The van der Waals surface area contributed by atoms with E-state index in [9.17, 15) is 23.5 Å². The zero-order valence-electron chi connectivity index (χ0n) is 24.9. The van der Waals surface area contributed by atoms with Crippen LogP contribution in [-0.2, 0) is 14.3 Å². The number of nitrogens with one attached hydrogen (secondary N) is 1. The minimum Gasteiger partial charge on any atom is -0.481 e. The third kappa shape index (κ3) is 5.73. The Balaban J connectivity index is 1.53. The summed E-state index contributed by atoms with van der Waals surface area (Å²) in [5.74, 6) is -6.86. The topological polar surface area (TPSA) is 111 Å². The van der Waals surface area contributed by atoms with Gasteiger partial charge < -0.3 is 15.2 Å². The third-order valence-corrected chi connectivity index (χ3v) is 9.42. The number of hydrogen-bond acceptors (Lipinski definition) is 10. The van der Waals surface area contributed by atoms with Crippen LogP contribution in [0.4, 0.5) is 17.6 Å². The van der Waals surface area contributed by atoms with Crippen molar-refractivity contribution in [2.24, 2.45) is 10.4 Å². The number of hydrazine groups is 1. The Morgan fingerprint density at radius 3 is 2.64 bits per heavy atom. The van der Waals surface area contributed by atoms with Crippen LogP contribution >= 0.6 is 11.3 Å². The summed E-state index contributed by atoms with van der Waals surface area (Å²) in [5, 5.41) is 18.0. The van der Waals surface area contributed by atoms with Gasteiger partial charge in [-0.1, -0.05) is 6.07 Å². The molecule has 10 nitrogen and oxygen atoms in total. The van der Waals surface area contributed by atoms with E-state index in [2.05, 4.69) is 15.3 Å². The number of fused-ring (bicyclic) bond motifs is 1. The van der Waals surface area contributed by atoms with E-state index in [1.807, 2.05) is 0 Å². The van der Waals surface area contributed by atoms with E-state index < -0.39 is 59.6 Å². The number of esters is 1. The molecule has 2 saturated heterocycles. The first-order valence-electron chi connectivity index (χ1n) is 14.0. The minimum atomic E-state index is -3.16. The Bertz CT molecular complexity index is 1520. The number of alkyl halides is 2. The second-order valence-corrected chi connectivity index (χ2v) is 12.8. The minimum absolute atomic E-state index is 0.0138. The zero-order valence-corrected chi connectivity index (χ0v) is 25.7. The van der Waals surface area contributed by atoms with Gasteiger partial charge in [-0.3, -0.25) is 14.7 Å². The number of aromatic nitrogens is 1. The summed E-state index contributed by atoms with van der Waals surface area (Å²) in [6.45, 7) is 4.11. The first kappa shape index (κ1) is 32.0. The Labute approximate surface area is 256 Å². The molecule has 2 N–H and O–H groups in total. The number of hydrogen-bond donors (Lipinski definition) is 2. The Morgan fingerprint density at radius 1 is 1.27 bits per heavy atom. The number of halogens is 4. The van der Waals surface area contributed by atoms with Crippen LogP contribution in [-0.4, -0.2) is 101 Å². The molecule has 3 aliphatic rings. The van der Waals surface area contributed by atoms with Crippen molar-refractivity contribution in [2.45, 2.75) is 51.2 Å². The van der Waals surface area contributed by atoms with Crippen molar-refractivity contribution in [1.82, 2.24) is 25.2 Å². The van der Waals surface area contributed by atoms with Gasteiger partial charge in [0.2, 0.25) is 0 Å². The molecule has 0 aliphatic carbocycles. The molecule has 5 rings (SSSR count). The maximum Gasteiger partial charge on any atom is 0.338 e. The molecule has 2 fully saturated rings. The van der Waals surface area contributed by atoms with Crippen molar-refractivity contribution in [3.8, 4) is 0 Å². The number of benzene rings is 1. The number of methoxy groups -OCH3 is 1. The monoisotopic (exact) mass is 638 g/mol. The number of aliphatic carboxylic acids is 1. The van der Waals surface area contributed by atoms with Crippen LogP contribution in [0.2, 0.25) is 0 Å². The lowest BCUT2D eigenvalue weighted by molar-refractivity contribution is -0.148. The van der Waals surface area contributed by atoms with Gasteiger partial charge in [-0.25, -0.2) is 37.4 Å². The predicted molar refractivity (Wildman–Crippen MR) is 154 cm³/mol. The number of carboxylic acid groups (broad SMARTS) is 1. The summed E-state index contributed by atoms with van der Waals surface area (Å²) in [6, 6.07) is -0.725. The first-order chi connectivity index (χ1) is 20.7. The molecule has 0 saturated carbocycles. The lowest BCUT2D eigenvalue weighted by Crippen LogP contribution is -2.49. The lowest BCUT2D eigenvalue weighted by atomic mass is 9.89. The molecule has 0 radical (unpaired) electrons. The molecule has 1 aromatic carbocycles. The normalized spacial score (nSPS) is 24.3. The highest BCUT2D eigenvalue weighted by Crippen LogP contribution is 2.43. The Kier molecular flexibility index (Phi) is 8.61. The van der Waals surface area contributed by atoms with Crippen LogP contribution in [0.25, 0.3) is 0 Å². The van der Waals surface area contributed by atoms with Crippen molar-refractivity contribution in [3.63, 3.8) is 0 Å². The fourth-order valence-electron chi connectivity index (χ4n) is 6.08. The Morgan fingerprint density at radius 2 is 2.00 bits per heavy atom. The largest absolute Gasteiger partial charge is 0.481 e. The average molecular weight is 639 g/mol. The maximum atomic E-state index is 15.7. The molecule has 0 unspecified atom stereocenters. The summed E-state index contributed by atoms with van der Waals surface area (Å²) in [6.07, 6.45) is 1.72. The number of aliphatic imine (C=N–C) groups is 1. The number of carbonyl (C=O) groups excluding carboxylic acids is 1. The highest BCUT2D eigenvalue weighted by Gasteiger charge is 2.61. The van der Waals surface area contributed by atoms with Crippen molar-refractivity contribution in [1.29, 1.82) is 0 Å². The number of thiazole rings is 1. The zero-order chi connectivity index (χ0) is 32.1. The number of likely N-dealkylation sites (tertiary alicyclic amines) is 1. The molecule has 3 atom stereocenters. The van der Waals surface area contributed by atoms with Gasteiger partial charge in [-0.2, -0.15) is 0 Å². The van der Waals surface area contributed by atoms with E-state index in [-0.39, 0.29) is 54.3 Å². The van der Waals surface area contributed by atoms with E-state index in [1.165, 1.54) is 36.4 Å². The third-order valence-electron chi connectivity index (χ3n) is 8.64. The molecule has 4 heterocycles. The van der Waals surface area contributed by atoms with Gasteiger partial charge in [0.15, 0.2) is 22.5 Å². The lowest BCUT2D eigenvalue weighted by Gasteiger charge is -2.33. The summed E-state index contributed by atoms with van der Waals surface area (Å²) < 4.78 is 65.4. The number of ether oxygens (including phenoxy) is 1. The fourth-order valence-corrected chi connectivity index (χ4v) is 6.67. The number of nitrogens with zero attached hydrogens (tertiary/aromatic N) is 5. The molecule has 238 valence electrons. The predicted octanol–water partition coefficient (Wildman–Crippen LogP) is 3.60. The van der Waals surface area contributed by atoms with Crippen LogP contribution in [0.5, 0.6) is 0 Å². The smallest absolute Gasteiger partial charge is 0.338 e.